The lowest BCUT2D eigenvalue weighted by Crippen LogP contribution is -2.31. The first-order valence-electron chi connectivity index (χ1n) is 11.5. The summed E-state index contributed by atoms with van der Waals surface area (Å²) in [6.07, 6.45) is 0. The minimum Gasteiger partial charge on any atom is -0.507 e. The number of alkyl halides is 1. The molecule has 7 nitrogen and oxygen atoms in total. The van der Waals surface area contributed by atoms with Crippen molar-refractivity contribution in [2.24, 2.45) is 0 Å². The Morgan fingerprint density at radius 2 is 1.91 bits per heavy atom. The number of hydrogen-bond acceptors (Lipinski definition) is 4. The number of anilines is 2. The molecule has 3 aromatic carbocycles. The first-order valence-corrected chi connectivity index (χ1v) is 11.9. The topological polar surface area (TPSA) is 88.7 Å². The van der Waals surface area contributed by atoms with Gasteiger partial charge in [-0.05, 0) is 56.2 Å². The van der Waals surface area contributed by atoms with Crippen LogP contribution in [0.15, 0.2) is 54.6 Å². The molecule has 0 bridgehead atoms. The SMILES string of the molecule is C[C@@H](Cl)[C@@H]1CN(C(=O)c2cc3cc(NC(=O)CN(C)C)ccc3[nH]2)c2cc(O)c3ccccc3c21. The predicted molar refractivity (Wildman–Crippen MR) is 141 cm³/mol. The van der Waals surface area contributed by atoms with Crippen molar-refractivity contribution >= 4 is 56.5 Å². The van der Waals surface area contributed by atoms with Gasteiger partial charge in [-0.2, -0.15) is 0 Å². The number of hydrogen-bond donors (Lipinski definition) is 3. The number of aromatic hydroxyl groups is 1. The van der Waals surface area contributed by atoms with Crippen LogP contribution in [-0.4, -0.2) is 59.4 Å². The third-order valence-electron chi connectivity index (χ3n) is 6.48. The molecule has 4 aromatic rings. The normalized spacial score (nSPS) is 16.1. The number of nitrogens with one attached hydrogen (secondary N) is 2. The van der Waals surface area contributed by atoms with Gasteiger partial charge in [0.2, 0.25) is 5.91 Å². The highest BCUT2D eigenvalue weighted by atomic mass is 35.5. The summed E-state index contributed by atoms with van der Waals surface area (Å²) in [7, 11) is 3.67. The Morgan fingerprint density at radius 1 is 1.17 bits per heavy atom. The van der Waals surface area contributed by atoms with E-state index in [1.54, 1.807) is 28.0 Å². The second kappa shape index (κ2) is 8.91. The van der Waals surface area contributed by atoms with Crippen molar-refractivity contribution < 1.29 is 14.7 Å². The van der Waals surface area contributed by atoms with Gasteiger partial charge in [0.05, 0.1) is 12.2 Å². The predicted octanol–water partition coefficient (Wildman–Crippen LogP) is 4.90. The Bertz CT molecular complexity index is 1460. The maximum Gasteiger partial charge on any atom is 0.274 e. The van der Waals surface area contributed by atoms with E-state index in [0.29, 0.717) is 23.6 Å². The maximum absolute atomic E-state index is 13.7. The number of benzene rings is 3. The zero-order chi connectivity index (χ0) is 24.9. The number of aromatic amines is 1. The Morgan fingerprint density at radius 3 is 2.63 bits per heavy atom. The van der Waals surface area contributed by atoms with E-state index in [-0.39, 0.29) is 35.4 Å². The van der Waals surface area contributed by atoms with Gasteiger partial charge in [0.15, 0.2) is 0 Å². The van der Waals surface area contributed by atoms with Gasteiger partial charge in [-0.25, -0.2) is 0 Å². The van der Waals surface area contributed by atoms with Crippen molar-refractivity contribution in [1.82, 2.24) is 9.88 Å². The highest BCUT2D eigenvalue weighted by molar-refractivity contribution is 6.22. The molecule has 0 aliphatic carbocycles. The van der Waals surface area contributed by atoms with E-state index in [4.69, 9.17) is 11.6 Å². The molecule has 5 rings (SSSR count). The highest BCUT2D eigenvalue weighted by Gasteiger charge is 2.37. The summed E-state index contributed by atoms with van der Waals surface area (Å²) >= 11 is 6.58. The minimum absolute atomic E-state index is 0.0657. The van der Waals surface area contributed by atoms with Gasteiger partial charge < -0.3 is 25.2 Å². The van der Waals surface area contributed by atoms with Crippen LogP contribution in [0.1, 0.15) is 28.9 Å². The number of H-pyrrole nitrogens is 1. The number of carbonyl (C=O) groups excluding carboxylic acids is 2. The van der Waals surface area contributed by atoms with Crippen LogP contribution in [0.4, 0.5) is 11.4 Å². The van der Waals surface area contributed by atoms with Crippen LogP contribution in [0.25, 0.3) is 21.7 Å². The fraction of sp³-hybridized carbons (Fsp3) is 0.259. The number of likely N-dealkylation sites (N-methyl/N-ethyl adjacent to an activating group) is 1. The number of aromatic nitrogens is 1. The van der Waals surface area contributed by atoms with Gasteiger partial charge in [-0.1, -0.05) is 24.3 Å². The molecular formula is C27H27ClN4O3. The molecule has 0 unspecified atom stereocenters. The summed E-state index contributed by atoms with van der Waals surface area (Å²) in [6.45, 7) is 2.64. The fourth-order valence-corrected chi connectivity index (χ4v) is 5.10. The van der Waals surface area contributed by atoms with Crippen molar-refractivity contribution in [3.8, 4) is 5.75 Å². The zero-order valence-electron chi connectivity index (χ0n) is 19.8. The Balaban J connectivity index is 1.50. The summed E-state index contributed by atoms with van der Waals surface area (Å²) in [5, 5.41) is 15.8. The van der Waals surface area contributed by atoms with E-state index >= 15 is 0 Å². The van der Waals surface area contributed by atoms with Crippen LogP contribution in [0.2, 0.25) is 0 Å². The van der Waals surface area contributed by atoms with Crippen molar-refractivity contribution in [2.45, 2.75) is 18.2 Å². The number of amides is 2. The molecule has 0 radical (unpaired) electrons. The summed E-state index contributed by atoms with van der Waals surface area (Å²) in [4.78, 5) is 32.5. The molecule has 0 saturated carbocycles. The Hall–Kier alpha value is -3.55. The van der Waals surface area contributed by atoms with E-state index in [9.17, 15) is 14.7 Å². The number of carbonyl (C=O) groups is 2. The van der Waals surface area contributed by atoms with E-state index in [1.807, 2.05) is 57.4 Å². The van der Waals surface area contributed by atoms with Gasteiger partial charge in [0.25, 0.3) is 5.91 Å². The van der Waals surface area contributed by atoms with Crippen molar-refractivity contribution in [2.75, 3.05) is 37.4 Å². The first kappa shape index (κ1) is 23.2. The van der Waals surface area contributed by atoms with E-state index in [0.717, 1.165) is 27.2 Å². The van der Waals surface area contributed by atoms with Crippen LogP contribution < -0.4 is 10.2 Å². The molecule has 1 aromatic heterocycles. The van der Waals surface area contributed by atoms with Crippen LogP contribution >= 0.6 is 11.6 Å². The number of phenolic OH excluding ortho intramolecular Hbond substituents is 1. The number of halogens is 1. The third kappa shape index (κ3) is 4.22. The van der Waals surface area contributed by atoms with Crippen molar-refractivity contribution in [3.05, 3.63) is 65.9 Å². The maximum atomic E-state index is 13.7. The van der Waals surface area contributed by atoms with E-state index in [2.05, 4.69) is 10.3 Å². The molecule has 180 valence electrons. The summed E-state index contributed by atoms with van der Waals surface area (Å²) in [5.41, 5.74) is 3.55. The lowest BCUT2D eigenvalue weighted by Gasteiger charge is -2.18. The molecule has 35 heavy (non-hydrogen) atoms. The Kier molecular flexibility index (Phi) is 5.91. The monoisotopic (exact) mass is 490 g/mol. The average Bonchev–Trinajstić information content (AvgIpc) is 3.40. The van der Waals surface area contributed by atoms with E-state index in [1.165, 1.54) is 0 Å². The molecule has 1 aliphatic heterocycles. The molecule has 2 heterocycles. The molecule has 0 fully saturated rings. The van der Waals surface area contributed by atoms with Crippen LogP contribution in [-0.2, 0) is 4.79 Å². The van der Waals surface area contributed by atoms with Gasteiger partial charge >= 0.3 is 0 Å². The Labute approximate surface area is 208 Å². The van der Waals surface area contributed by atoms with Gasteiger partial charge in [-0.15, -0.1) is 11.6 Å². The van der Waals surface area contributed by atoms with Gasteiger partial charge in [-0.3, -0.25) is 9.59 Å². The van der Waals surface area contributed by atoms with Gasteiger partial charge in [0.1, 0.15) is 11.4 Å². The van der Waals surface area contributed by atoms with Crippen molar-refractivity contribution in [1.29, 1.82) is 0 Å². The van der Waals surface area contributed by atoms with Crippen molar-refractivity contribution in [3.63, 3.8) is 0 Å². The summed E-state index contributed by atoms with van der Waals surface area (Å²) in [5.74, 6) is -0.239. The fourth-order valence-electron chi connectivity index (χ4n) is 4.89. The van der Waals surface area contributed by atoms with Crippen LogP contribution in [0, 0.1) is 0 Å². The number of phenols is 1. The van der Waals surface area contributed by atoms with E-state index < -0.39 is 0 Å². The molecule has 1 aliphatic rings. The molecule has 2 amide bonds. The zero-order valence-corrected chi connectivity index (χ0v) is 20.6. The highest BCUT2D eigenvalue weighted by Crippen LogP contribution is 2.47. The molecule has 2 atom stereocenters. The standard InChI is InChI=1S/C27H27ClN4O3/c1-15(28)20-13-32(23-12-24(33)18-6-4-5-7-19(18)26(20)23)27(35)22-11-16-10-17(8-9-21(16)30-22)29-25(34)14-31(2)3/h4-12,15,20,30,33H,13-14H2,1-3H3,(H,29,34)/t15-,20+/m1/s1. The minimum atomic E-state index is -0.199. The largest absolute Gasteiger partial charge is 0.507 e. The number of nitrogens with zero attached hydrogens (tertiary/aromatic N) is 2. The number of fused-ring (bicyclic) bond motifs is 4. The summed E-state index contributed by atoms with van der Waals surface area (Å²) < 4.78 is 0. The molecule has 0 saturated heterocycles. The average molecular weight is 491 g/mol. The smallest absolute Gasteiger partial charge is 0.274 e. The third-order valence-corrected chi connectivity index (χ3v) is 6.78. The van der Waals surface area contributed by atoms with Gasteiger partial charge in [0, 0.05) is 45.9 Å². The number of rotatable bonds is 5. The first-order chi connectivity index (χ1) is 16.7. The molecular weight excluding hydrogens is 464 g/mol. The quantitative estimate of drug-likeness (QED) is 0.347. The van der Waals surface area contributed by atoms with Crippen LogP contribution in [0.3, 0.4) is 0 Å². The summed E-state index contributed by atoms with van der Waals surface area (Å²) in [6, 6.07) is 16.6. The lowest BCUT2D eigenvalue weighted by atomic mass is 9.92. The molecule has 3 N–H and O–H groups in total. The molecule has 8 heteroatoms. The molecule has 0 spiro atoms. The van der Waals surface area contributed by atoms with Crippen LogP contribution in [0.5, 0.6) is 5.75 Å². The second-order valence-corrected chi connectivity index (χ2v) is 10.0. The second-order valence-electron chi connectivity index (χ2n) is 9.34. The lowest BCUT2D eigenvalue weighted by molar-refractivity contribution is -0.116.